The Kier molecular flexibility index (Phi) is 2.86. The molecule has 0 atom stereocenters. The molecule has 1 aromatic heterocycles. The van der Waals surface area contributed by atoms with Crippen molar-refractivity contribution < 1.29 is 19.5 Å². The van der Waals surface area contributed by atoms with Crippen molar-refractivity contribution >= 4 is 34.5 Å². The van der Waals surface area contributed by atoms with Crippen molar-refractivity contribution in [3.8, 4) is 0 Å². The Morgan fingerprint density at radius 2 is 2.14 bits per heavy atom. The standard InChI is InChI=1S/C13H12N4O4/c1-16-11-7(12(19)20)2-3-9(8(11)6-14-16)17-5-4-10(18)15-13(17)21/h2-3,6H,4-5H2,1H3,(H,19,20)(H,15,18,21). The number of nitrogens with zero attached hydrogens (tertiary/aromatic N) is 3. The molecule has 0 bridgehead atoms. The maximum Gasteiger partial charge on any atom is 0.337 e. The van der Waals surface area contributed by atoms with E-state index in [2.05, 4.69) is 10.4 Å². The molecule has 1 aliphatic heterocycles. The fourth-order valence-corrected chi connectivity index (χ4v) is 2.48. The minimum absolute atomic E-state index is 0.113. The van der Waals surface area contributed by atoms with E-state index in [1.165, 1.54) is 21.8 Å². The highest BCUT2D eigenvalue weighted by Gasteiger charge is 2.27. The van der Waals surface area contributed by atoms with Crippen molar-refractivity contribution in [3.05, 3.63) is 23.9 Å². The molecule has 1 saturated heterocycles. The lowest BCUT2D eigenvalue weighted by molar-refractivity contribution is -0.120. The van der Waals surface area contributed by atoms with E-state index in [-0.39, 0.29) is 24.4 Å². The SMILES string of the molecule is Cn1ncc2c(N3CCC(=O)NC3=O)ccc(C(=O)O)c21. The Morgan fingerprint density at radius 1 is 1.38 bits per heavy atom. The summed E-state index contributed by atoms with van der Waals surface area (Å²) >= 11 is 0. The van der Waals surface area contributed by atoms with E-state index < -0.39 is 12.0 Å². The molecule has 1 fully saturated rings. The molecule has 8 nitrogen and oxygen atoms in total. The van der Waals surface area contributed by atoms with Crippen LogP contribution in [0.1, 0.15) is 16.8 Å². The van der Waals surface area contributed by atoms with Gasteiger partial charge in [0.1, 0.15) is 0 Å². The average Bonchev–Trinajstić information content (AvgIpc) is 2.81. The molecule has 3 amide bonds. The molecule has 0 unspecified atom stereocenters. The van der Waals surface area contributed by atoms with Crippen molar-refractivity contribution in [1.29, 1.82) is 0 Å². The van der Waals surface area contributed by atoms with Crippen LogP contribution < -0.4 is 10.2 Å². The number of rotatable bonds is 2. The molecule has 1 aromatic carbocycles. The van der Waals surface area contributed by atoms with Gasteiger partial charge in [0, 0.05) is 25.4 Å². The smallest absolute Gasteiger partial charge is 0.337 e. The van der Waals surface area contributed by atoms with Gasteiger partial charge in [0.2, 0.25) is 5.91 Å². The lowest BCUT2D eigenvalue weighted by Crippen LogP contribution is -2.49. The Balaban J connectivity index is 2.17. The zero-order valence-corrected chi connectivity index (χ0v) is 11.2. The van der Waals surface area contributed by atoms with E-state index in [0.29, 0.717) is 16.6 Å². The van der Waals surface area contributed by atoms with Gasteiger partial charge in [-0.2, -0.15) is 5.10 Å². The second-order valence-electron chi connectivity index (χ2n) is 4.72. The molecular formula is C13H12N4O4. The highest BCUT2D eigenvalue weighted by molar-refractivity contribution is 6.12. The number of hydrogen-bond acceptors (Lipinski definition) is 4. The zero-order chi connectivity index (χ0) is 15.1. The third kappa shape index (κ3) is 2.00. The number of amides is 3. The van der Waals surface area contributed by atoms with Gasteiger partial charge in [-0.3, -0.25) is 19.7 Å². The number of fused-ring (bicyclic) bond motifs is 1. The minimum atomic E-state index is -1.06. The number of aromatic carboxylic acids is 1. The van der Waals surface area contributed by atoms with Crippen molar-refractivity contribution in [2.24, 2.45) is 7.05 Å². The number of carboxylic acids is 1. The van der Waals surface area contributed by atoms with Gasteiger partial charge in [0.15, 0.2) is 0 Å². The van der Waals surface area contributed by atoms with Crippen LogP contribution in [0.3, 0.4) is 0 Å². The predicted octanol–water partition coefficient (Wildman–Crippen LogP) is 0.718. The van der Waals surface area contributed by atoms with Gasteiger partial charge in [0.25, 0.3) is 0 Å². The van der Waals surface area contributed by atoms with E-state index in [9.17, 15) is 19.5 Å². The number of carbonyl (C=O) groups is 3. The summed E-state index contributed by atoms with van der Waals surface area (Å²) in [5, 5.41) is 16.1. The van der Waals surface area contributed by atoms with Crippen LogP contribution in [-0.4, -0.2) is 39.3 Å². The van der Waals surface area contributed by atoms with E-state index in [1.54, 1.807) is 13.1 Å². The van der Waals surface area contributed by atoms with E-state index >= 15 is 0 Å². The summed E-state index contributed by atoms with van der Waals surface area (Å²) in [6.07, 6.45) is 1.72. The Bertz CT molecular complexity index is 780. The Morgan fingerprint density at radius 3 is 2.81 bits per heavy atom. The van der Waals surface area contributed by atoms with E-state index in [0.717, 1.165) is 0 Å². The van der Waals surface area contributed by atoms with Crippen LogP contribution in [0.25, 0.3) is 10.9 Å². The second kappa shape index (κ2) is 4.58. The van der Waals surface area contributed by atoms with Gasteiger partial charge in [-0.05, 0) is 12.1 Å². The van der Waals surface area contributed by atoms with E-state index in [1.807, 2.05) is 0 Å². The molecule has 108 valence electrons. The molecule has 0 aliphatic carbocycles. The summed E-state index contributed by atoms with van der Waals surface area (Å²) in [5.74, 6) is -1.38. The molecule has 21 heavy (non-hydrogen) atoms. The highest BCUT2D eigenvalue weighted by Crippen LogP contribution is 2.30. The number of aromatic nitrogens is 2. The minimum Gasteiger partial charge on any atom is -0.478 e. The first-order valence-electron chi connectivity index (χ1n) is 6.28. The third-order valence-electron chi connectivity index (χ3n) is 3.45. The lowest BCUT2D eigenvalue weighted by Gasteiger charge is -2.27. The van der Waals surface area contributed by atoms with Gasteiger partial charge >= 0.3 is 12.0 Å². The average molecular weight is 288 g/mol. The number of anilines is 1. The van der Waals surface area contributed by atoms with Crippen LogP contribution in [0.5, 0.6) is 0 Å². The quantitative estimate of drug-likeness (QED) is 0.847. The monoisotopic (exact) mass is 288 g/mol. The predicted molar refractivity (Wildman–Crippen MR) is 73.2 cm³/mol. The highest BCUT2D eigenvalue weighted by atomic mass is 16.4. The van der Waals surface area contributed by atoms with Gasteiger partial charge in [-0.1, -0.05) is 0 Å². The fourth-order valence-electron chi connectivity index (χ4n) is 2.48. The summed E-state index contributed by atoms with van der Waals surface area (Å²) in [6.45, 7) is 0.251. The molecule has 0 radical (unpaired) electrons. The molecule has 2 aromatic rings. The number of benzene rings is 1. The summed E-state index contributed by atoms with van der Waals surface area (Å²) in [4.78, 5) is 35.8. The van der Waals surface area contributed by atoms with Gasteiger partial charge in [-0.25, -0.2) is 9.59 Å². The van der Waals surface area contributed by atoms with Crippen LogP contribution >= 0.6 is 0 Å². The maximum absolute atomic E-state index is 11.9. The van der Waals surface area contributed by atoms with Crippen LogP contribution in [-0.2, 0) is 11.8 Å². The number of carboxylic acid groups (broad SMARTS) is 1. The first-order valence-corrected chi connectivity index (χ1v) is 6.28. The molecule has 8 heteroatoms. The van der Waals surface area contributed by atoms with Crippen LogP contribution in [0, 0.1) is 0 Å². The number of aryl methyl sites for hydroxylation is 1. The van der Waals surface area contributed by atoms with Crippen molar-refractivity contribution in [2.45, 2.75) is 6.42 Å². The van der Waals surface area contributed by atoms with Gasteiger partial charge in [-0.15, -0.1) is 0 Å². The second-order valence-corrected chi connectivity index (χ2v) is 4.72. The summed E-state index contributed by atoms with van der Waals surface area (Å²) in [6, 6.07) is 2.48. The van der Waals surface area contributed by atoms with Gasteiger partial charge in [0.05, 0.1) is 23.0 Å². The number of nitrogens with one attached hydrogen (secondary N) is 1. The molecule has 1 aliphatic rings. The Hall–Kier alpha value is -2.90. The molecule has 2 N–H and O–H groups in total. The molecule has 0 saturated carbocycles. The molecule has 3 rings (SSSR count). The normalized spacial score (nSPS) is 15.4. The third-order valence-corrected chi connectivity index (χ3v) is 3.45. The van der Waals surface area contributed by atoms with Crippen molar-refractivity contribution in [1.82, 2.24) is 15.1 Å². The zero-order valence-electron chi connectivity index (χ0n) is 11.2. The van der Waals surface area contributed by atoms with Crippen LogP contribution in [0.2, 0.25) is 0 Å². The molecular weight excluding hydrogens is 276 g/mol. The molecule has 2 heterocycles. The first-order chi connectivity index (χ1) is 9.99. The Labute approximate surface area is 118 Å². The largest absolute Gasteiger partial charge is 0.478 e. The lowest BCUT2D eigenvalue weighted by atomic mass is 10.1. The number of hydrogen-bond donors (Lipinski definition) is 2. The first kappa shape index (κ1) is 13.1. The van der Waals surface area contributed by atoms with Crippen LogP contribution in [0.4, 0.5) is 10.5 Å². The van der Waals surface area contributed by atoms with Crippen LogP contribution in [0.15, 0.2) is 18.3 Å². The number of carbonyl (C=O) groups excluding carboxylic acids is 2. The van der Waals surface area contributed by atoms with Crippen molar-refractivity contribution in [3.63, 3.8) is 0 Å². The maximum atomic E-state index is 11.9. The number of imide groups is 1. The number of urea groups is 1. The van der Waals surface area contributed by atoms with Crippen molar-refractivity contribution in [2.75, 3.05) is 11.4 Å². The van der Waals surface area contributed by atoms with Gasteiger partial charge < -0.3 is 5.11 Å². The summed E-state index contributed by atoms with van der Waals surface area (Å²) in [7, 11) is 1.64. The summed E-state index contributed by atoms with van der Waals surface area (Å²) in [5.41, 5.74) is 1.08. The topological polar surface area (TPSA) is 105 Å². The summed E-state index contributed by atoms with van der Waals surface area (Å²) < 4.78 is 1.45. The molecule has 0 spiro atoms. The fraction of sp³-hybridized carbons (Fsp3) is 0.231. The van der Waals surface area contributed by atoms with E-state index in [4.69, 9.17) is 0 Å².